The van der Waals surface area contributed by atoms with Gasteiger partial charge in [-0.3, -0.25) is 0 Å². The lowest BCUT2D eigenvalue weighted by Crippen LogP contribution is -2.39. The molecule has 1 N–H and O–H groups in total. The zero-order valence-corrected chi connectivity index (χ0v) is 12.0. The number of thiophene rings is 1. The Morgan fingerprint density at radius 2 is 2.00 bits per heavy atom. The molecule has 3 heteroatoms. The molecule has 2 nitrogen and oxygen atoms in total. The first kappa shape index (κ1) is 12.7. The number of ether oxygens (including phenoxy) is 1. The normalized spacial score (nSPS) is 21.9. The van der Waals surface area contributed by atoms with Crippen LogP contribution in [0.3, 0.4) is 0 Å². The quantitative estimate of drug-likeness (QED) is 0.895. The lowest BCUT2D eigenvalue weighted by molar-refractivity contribution is 0.289. The van der Waals surface area contributed by atoms with E-state index in [1.54, 1.807) is 18.4 Å². The number of hydrogen-bond acceptors (Lipinski definition) is 3. The fraction of sp³-hybridized carbons (Fsp3) is 0.375. The number of rotatable bonds is 5. The van der Waals surface area contributed by atoms with E-state index in [-0.39, 0.29) is 0 Å². The fourth-order valence-electron chi connectivity index (χ4n) is 2.59. The Balaban J connectivity index is 1.46. The summed E-state index contributed by atoms with van der Waals surface area (Å²) in [6, 6.07) is 11.4. The van der Waals surface area contributed by atoms with Crippen molar-refractivity contribution in [1.29, 1.82) is 0 Å². The van der Waals surface area contributed by atoms with Crippen LogP contribution in [0.25, 0.3) is 0 Å². The first-order chi connectivity index (χ1) is 9.35. The Hall–Kier alpha value is -1.32. The molecule has 19 heavy (non-hydrogen) atoms. The van der Waals surface area contributed by atoms with Crippen molar-refractivity contribution in [3.8, 4) is 5.75 Å². The van der Waals surface area contributed by atoms with Gasteiger partial charge in [0.05, 0.1) is 7.11 Å². The average molecular weight is 273 g/mol. The number of nitrogens with one attached hydrogen (secondary N) is 1. The summed E-state index contributed by atoms with van der Waals surface area (Å²) in [4.78, 5) is 0. The highest BCUT2D eigenvalue weighted by atomic mass is 32.1. The molecular weight excluding hydrogens is 254 g/mol. The van der Waals surface area contributed by atoms with Crippen LogP contribution >= 0.6 is 11.3 Å². The predicted octanol–water partition coefficient (Wildman–Crippen LogP) is 3.79. The maximum atomic E-state index is 5.19. The zero-order chi connectivity index (χ0) is 13.1. The van der Waals surface area contributed by atoms with Gasteiger partial charge in [-0.15, -0.1) is 0 Å². The van der Waals surface area contributed by atoms with Crippen molar-refractivity contribution < 1.29 is 4.74 Å². The lowest BCUT2D eigenvalue weighted by atomic mass is 9.76. The van der Waals surface area contributed by atoms with Crippen molar-refractivity contribution in [3.05, 3.63) is 52.2 Å². The Morgan fingerprint density at radius 1 is 1.21 bits per heavy atom. The molecule has 3 rings (SSSR count). The maximum Gasteiger partial charge on any atom is 0.118 e. The molecule has 0 unspecified atom stereocenters. The van der Waals surface area contributed by atoms with Crippen LogP contribution < -0.4 is 10.1 Å². The van der Waals surface area contributed by atoms with E-state index in [0.717, 1.165) is 12.3 Å². The third kappa shape index (κ3) is 2.99. The summed E-state index contributed by atoms with van der Waals surface area (Å²) in [6.45, 7) is 1.00. The van der Waals surface area contributed by atoms with E-state index >= 15 is 0 Å². The largest absolute Gasteiger partial charge is 0.497 e. The molecule has 2 aromatic rings. The molecule has 1 saturated carbocycles. The fourth-order valence-corrected chi connectivity index (χ4v) is 3.26. The van der Waals surface area contributed by atoms with Crippen molar-refractivity contribution in [2.24, 2.45) is 0 Å². The van der Waals surface area contributed by atoms with Crippen molar-refractivity contribution in [3.63, 3.8) is 0 Å². The highest BCUT2D eigenvalue weighted by molar-refractivity contribution is 7.07. The molecule has 0 atom stereocenters. The van der Waals surface area contributed by atoms with Crippen LogP contribution in [0.2, 0.25) is 0 Å². The molecule has 0 radical (unpaired) electrons. The lowest BCUT2D eigenvalue weighted by Gasteiger charge is -2.36. The first-order valence-corrected chi connectivity index (χ1v) is 7.68. The number of benzene rings is 1. The summed E-state index contributed by atoms with van der Waals surface area (Å²) < 4.78 is 5.19. The highest BCUT2D eigenvalue weighted by Crippen LogP contribution is 2.37. The van der Waals surface area contributed by atoms with Gasteiger partial charge in [0, 0.05) is 12.6 Å². The minimum atomic E-state index is 0.673. The van der Waals surface area contributed by atoms with E-state index in [0.29, 0.717) is 12.0 Å². The monoisotopic (exact) mass is 273 g/mol. The van der Waals surface area contributed by atoms with Crippen LogP contribution in [0.4, 0.5) is 0 Å². The molecule has 1 fully saturated rings. The van der Waals surface area contributed by atoms with E-state index in [4.69, 9.17) is 4.74 Å². The second kappa shape index (κ2) is 5.76. The Kier molecular flexibility index (Phi) is 3.85. The highest BCUT2D eigenvalue weighted by Gasteiger charge is 2.29. The molecule has 0 amide bonds. The summed E-state index contributed by atoms with van der Waals surface area (Å²) in [5, 5.41) is 7.98. The van der Waals surface area contributed by atoms with E-state index in [9.17, 15) is 0 Å². The number of hydrogen-bond donors (Lipinski definition) is 1. The summed E-state index contributed by atoms with van der Waals surface area (Å²) in [6.07, 6.45) is 2.49. The minimum absolute atomic E-state index is 0.673. The molecule has 1 aliphatic carbocycles. The third-order valence-corrected chi connectivity index (χ3v) is 4.63. The standard InChI is InChI=1S/C16H19NOS/c1-18-16-4-2-13(3-5-16)14-8-15(9-14)17-10-12-6-7-19-11-12/h2-7,11,14-15,17H,8-10H2,1H3. The predicted molar refractivity (Wildman–Crippen MR) is 79.9 cm³/mol. The molecule has 0 spiro atoms. The van der Waals surface area contributed by atoms with Crippen LogP contribution in [-0.4, -0.2) is 13.2 Å². The smallest absolute Gasteiger partial charge is 0.118 e. The van der Waals surface area contributed by atoms with Crippen LogP contribution in [0, 0.1) is 0 Å². The van der Waals surface area contributed by atoms with Crippen molar-refractivity contribution in [2.75, 3.05) is 7.11 Å². The summed E-state index contributed by atoms with van der Waals surface area (Å²) in [7, 11) is 1.71. The van der Waals surface area contributed by atoms with E-state index in [2.05, 4.69) is 46.4 Å². The molecular formula is C16H19NOS. The van der Waals surface area contributed by atoms with Crippen LogP contribution in [-0.2, 0) is 6.54 Å². The van der Waals surface area contributed by atoms with Gasteiger partial charge >= 0.3 is 0 Å². The zero-order valence-electron chi connectivity index (χ0n) is 11.1. The third-order valence-electron chi connectivity index (χ3n) is 3.90. The van der Waals surface area contributed by atoms with Gasteiger partial charge in [-0.05, 0) is 58.8 Å². The molecule has 1 aromatic heterocycles. The van der Waals surface area contributed by atoms with Gasteiger partial charge in [-0.25, -0.2) is 0 Å². The molecule has 1 heterocycles. The Bertz CT molecular complexity index is 500. The Labute approximate surface area is 118 Å². The number of methoxy groups -OCH3 is 1. The van der Waals surface area contributed by atoms with Crippen LogP contribution in [0.5, 0.6) is 5.75 Å². The first-order valence-electron chi connectivity index (χ1n) is 6.73. The van der Waals surface area contributed by atoms with Crippen LogP contribution in [0.15, 0.2) is 41.1 Å². The summed E-state index contributed by atoms with van der Waals surface area (Å²) in [5.41, 5.74) is 2.84. The van der Waals surface area contributed by atoms with Gasteiger partial charge in [0.2, 0.25) is 0 Å². The second-order valence-corrected chi connectivity index (χ2v) is 5.93. The Morgan fingerprint density at radius 3 is 2.63 bits per heavy atom. The van der Waals surface area contributed by atoms with Gasteiger partial charge in [0.1, 0.15) is 5.75 Å². The van der Waals surface area contributed by atoms with E-state index in [1.165, 1.54) is 24.0 Å². The van der Waals surface area contributed by atoms with Gasteiger partial charge < -0.3 is 10.1 Å². The van der Waals surface area contributed by atoms with Gasteiger partial charge in [0.25, 0.3) is 0 Å². The topological polar surface area (TPSA) is 21.3 Å². The molecule has 0 aliphatic heterocycles. The van der Waals surface area contributed by atoms with Crippen molar-refractivity contribution in [1.82, 2.24) is 5.32 Å². The minimum Gasteiger partial charge on any atom is -0.497 e. The SMILES string of the molecule is COc1ccc(C2CC(NCc3ccsc3)C2)cc1. The van der Waals surface area contributed by atoms with E-state index < -0.39 is 0 Å². The van der Waals surface area contributed by atoms with Gasteiger partial charge in [0.15, 0.2) is 0 Å². The molecule has 1 aliphatic rings. The molecule has 0 bridgehead atoms. The van der Waals surface area contributed by atoms with Gasteiger partial charge in [-0.2, -0.15) is 11.3 Å². The molecule has 0 saturated heterocycles. The maximum absolute atomic E-state index is 5.19. The molecule has 100 valence electrons. The van der Waals surface area contributed by atoms with Crippen LogP contribution in [0.1, 0.15) is 29.9 Å². The average Bonchev–Trinajstić information content (AvgIpc) is 2.91. The van der Waals surface area contributed by atoms with E-state index in [1.807, 2.05) is 0 Å². The summed E-state index contributed by atoms with van der Waals surface area (Å²) >= 11 is 1.77. The summed E-state index contributed by atoms with van der Waals surface area (Å²) in [5.74, 6) is 1.65. The second-order valence-electron chi connectivity index (χ2n) is 5.15. The molecule has 1 aromatic carbocycles. The van der Waals surface area contributed by atoms with Crippen molar-refractivity contribution >= 4 is 11.3 Å². The van der Waals surface area contributed by atoms with Crippen molar-refractivity contribution in [2.45, 2.75) is 31.3 Å². The van der Waals surface area contributed by atoms with Gasteiger partial charge in [-0.1, -0.05) is 12.1 Å².